The van der Waals surface area contributed by atoms with E-state index in [4.69, 9.17) is 0 Å². The summed E-state index contributed by atoms with van der Waals surface area (Å²) in [6.45, 7) is 16.0. The van der Waals surface area contributed by atoms with Crippen molar-refractivity contribution in [3.63, 3.8) is 0 Å². The molecule has 8 heteroatoms. The molecular formula is C32H36N4O2S2. The van der Waals surface area contributed by atoms with Crippen LogP contribution in [-0.4, -0.2) is 56.5 Å². The van der Waals surface area contributed by atoms with Crippen LogP contribution in [0.2, 0.25) is 0 Å². The molecule has 0 N–H and O–H groups in total. The first-order valence-electron chi connectivity index (χ1n) is 13.6. The zero-order valence-corrected chi connectivity index (χ0v) is 25.7. The smallest absolute Gasteiger partial charge is 0.245 e. The van der Waals surface area contributed by atoms with Crippen molar-refractivity contribution in [2.45, 2.75) is 52.4 Å². The molecule has 0 radical (unpaired) electrons. The molecule has 0 spiro atoms. The molecule has 6 nitrogen and oxygen atoms in total. The molecule has 0 atom stereocenters. The van der Waals surface area contributed by atoms with Gasteiger partial charge in [-0.3, -0.25) is 9.59 Å². The fraction of sp³-hybridized carbons (Fsp3) is 0.375. The van der Waals surface area contributed by atoms with Gasteiger partial charge < -0.3 is 9.80 Å². The Morgan fingerprint density at radius 3 is 1.23 bits per heavy atom. The number of amidine groups is 2. The van der Waals surface area contributed by atoms with Crippen molar-refractivity contribution >= 4 is 56.2 Å². The number of carbonyl (C=O) groups excluding carboxylic acids is 2. The summed E-state index contributed by atoms with van der Waals surface area (Å²) in [4.78, 5) is 39.0. The summed E-state index contributed by atoms with van der Waals surface area (Å²) in [5.74, 6) is 0. The Morgan fingerprint density at radius 2 is 0.925 bits per heavy atom. The average Bonchev–Trinajstić information content (AvgIpc) is 3.45. The Morgan fingerprint density at radius 1 is 0.600 bits per heavy atom. The minimum Gasteiger partial charge on any atom is -0.347 e. The highest BCUT2D eigenvalue weighted by molar-refractivity contribution is 8.27. The van der Waals surface area contributed by atoms with E-state index in [1.54, 1.807) is 0 Å². The Labute approximate surface area is 245 Å². The minimum absolute atomic E-state index is 0.0241. The second-order valence-electron chi connectivity index (χ2n) is 12.3. The number of benzene rings is 2. The first kappa shape index (κ1) is 28.4. The van der Waals surface area contributed by atoms with Gasteiger partial charge in [0.1, 0.15) is 11.4 Å². The first-order chi connectivity index (χ1) is 18.9. The number of rotatable bonds is 2. The Hall–Kier alpha value is -3.10. The number of aliphatic imine (C=N–C) groups is 2. The zero-order valence-electron chi connectivity index (χ0n) is 24.0. The topological polar surface area (TPSA) is 65.3 Å². The monoisotopic (exact) mass is 572 g/mol. The van der Waals surface area contributed by atoms with Crippen molar-refractivity contribution in [2.75, 3.05) is 26.2 Å². The van der Waals surface area contributed by atoms with E-state index in [-0.39, 0.29) is 21.1 Å². The van der Waals surface area contributed by atoms with Crippen molar-refractivity contribution in [1.82, 2.24) is 9.80 Å². The minimum atomic E-state index is -0.0241. The molecule has 0 bridgehead atoms. The number of thioether (sulfide) groups is 2. The van der Waals surface area contributed by atoms with Crippen LogP contribution in [0.4, 0.5) is 0 Å². The molecule has 2 aromatic carbocycles. The van der Waals surface area contributed by atoms with Gasteiger partial charge in [0, 0.05) is 26.2 Å². The van der Waals surface area contributed by atoms with Crippen molar-refractivity contribution in [3.8, 4) is 0 Å². The molecule has 0 aromatic heterocycles. The van der Waals surface area contributed by atoms with Crippen molar-refractivity contribution in [3.05, 3.63) is 82.2 Å². The molecule has 208 valence electrons. The Kier molecular flexibility index (Phi) is 7.86. The summed E-state index contributed by atoms with van der Waals surface area (Å²) in [6.07, 6.45) is 3.73. The summed E-state index contributed by atoms with van der Waals surface area (Å²) >= 11 is 2.39. The normalized spacial score (nSPS) is 20.6. The molecule has 1 fully saturated rings. The van der Waals surface area contributed by atoms with Crippen molar-refractivity contribution < 1.29 is 9.59 Å². The highest BCUT2D eigenvalue weighted by Gasteiger charge is 2.32. The van der Waals surface area contributed by atoms with E-state index in [0.29, 0.717) is 37.6 Å². The van der Waals surface area contributed by atoms with E-state index in [1.807, 2.05) is 36.4 Å². The highest BCUT2D eigenvalue weighted by atomic mass is 32.2. The predicted molar refractivity (Wildman–Crippen MR) is 169 cm³/mol. The van der Waals surface area contributed by atoms with Gasteiger partial charge in [-0.05, 0) is 68.8 Å². The maximum absolute atomic E-state index is 12.7. The van der Waals surface area contributed by atoms with E-state index in [0.717, 1.165) is 21.5 Å². The second kappa shape index (κ2) is 11.1. The standard InChI is InChI=1S/C32H36N4O2S2/c1-31(2,3)23-11-7-21(8-12-23)19-25-27(37)39-29(33-25)35-15-17-36(18-16-35)30-34-26(28(38)40-30)20-22-9-13-24(14-10-22)32(4,5)6/h7-14,19-20H,15-18H2,1-6H3/b25-19-,26-20-. The largest absolute Gasteiger partial charge is 0.347 e. The van der Waals surface area contributed by atoms with Crippen LogP contribution in [0.5, 0.6) is 0 Å². The number of hydrogen-bond acceptors (Lipinski definition) is 8. The van der Waals surface area contributed by atoms with Gasteiger partial charge >= 0.3 is 0 Å². The van der Waals surface area contributed by atoms with Crippen LogP contribution in [0, 0.1) is 0 Å². The summed E-state index contributed by atoms with van der Waals surface area (Å²) in [7, 11) is 0. The van der Waals surface area contributed by atoms with E-state index in [2.05, 4.69) is 85.6 Å². The average molecular weight is 573 g/mol. The number of piperazine rings is 1. The van der Waals surface area contributed by atoms with Gasteiger partial charge in [-0.15, -0.1) is 0 Å². The molecular weight excluding hydrogens is 537 g/mol. The maximum Gasteiger partial charge on any atom is 0.245 e. The first-order valence-corrected chi connectivity index (χ1v) is 15.3. The third-order valence-electron chi connectivity index (χ3n) is 7.20. The van der Waals surface area contributed by atoms with Gasteiger partial charge in [0.25, 0.3) is 0 Å². The molecule has 1 saturated heterocycles. The summed E-state index contributed by atoms with van der Waals surface area (Å²) in [6, 6.07) is 16.6. The van der Waals surface area contributed by atoms with Crippen LogP contribution in [0.1, 0.15) is 63.8 Å². The SMILES string of the molecule is CC(C)(C)c1ccc(/C=C2\N=C(N3CCN(C4=N/C(=C\c5ccc(C(C)(C)C)cc5)C(=O)S4)CC3)SC2=O)cc1. The van der Waals surface area contributed by atoms with Crippen LogP contribution in [0.15, 0.2) is 69.9 Å². The van der Waals surface area contributed by atoms with Crippen LogP contribution in [0.25, 0.3) is 12.2 Å². The maximum atomic E-state index is 12.7. The quantitative estimate of drug-likeness (QED) is 0.381. The van der Waals surface area contributed by atoms with Gasteiger partial charge in [0.2, 0.25) is 10.2 Å². The van der Waals surface area contributed by atoms with Crippen LogP contribution < -0.4 is 0 Å². The van der Waals surface area contributed by atoms with Crippen LogP contribution >= 0.6 is 23.5 Å². The van der Waals surface area contributed by atoms with Gasteiger partial charge in [-0.1, -0.05) is 90.1 Å². The lowest BCUT2D eigenvalue weighted by atomic mass is 9.86. The molecule has 3 aliphatic rings. The summed E-state index contributed by atoms with van der Waals surface area (Å²) in [5, 5.41) is 1.45. The molecule has 0 aliphatic carbocycles. The summed E-state index contributed by atoms with van der Waals surface area (Å²) in [5.41, 5.74) is 5.61. The Bertz CT molecular complexity index is 1320. The summed E-state index contributed by atoms with van der Waals surface area (Å²) < 4.78 is 0. The lowest BCUT2D eigenvalue weighted by molar-refractivity contribution is -0.108. The van der Waals surface area contributed by atoms with Crippen LogP contribution in [0.3, 0.4) is 0 Å². The van der Waals surface area contributed by atoms with E-state index >= 15 is 0 Å². The van der Waals surface area contributed by atoms with Gasteiger partial charge in [-0.25, -0.2) is 9.98 Å². The number of nitrogens with zero attached hydrogens (tertiary/aromatic N) is 4. The molecule has 2 aromatic rings. The second-order valence-corrected chi connectivity index (χ2v) is 14.2. The van der Waals surface area contributed by atoms with E-state index in [9.17, 15) is 9.59 Å². The highest BCUT2D eigenvalue weighted by Crippen LogP contribution is 2.31. The van der Waals surface area contributed by atoms with E-state index in [1.165, 1.54) is 34.7 Å². The third-order valence-corrected chi connectivity index (χ3v) is 9.05. The fourth-order valence-electron chi connectivity index (χ4n) is 4.63. The van der Waals surface area contributed by atoms with Gasteiger partial charge in [-0.2, -0.15) is 0 Å². The zero-order chi connectivity index (χ0) is 28.7. The van der Waals surface area contributed by atoms with E-state index < -0.39 is 0 Å². The van der Waals surface area contributed by atoms with Crippen molar-refractivity contribution in [1.29, 1.82) is 0 Å². The van der Waals surface area contributed by atoms with Gasteiger partial charge in [0.05, 0.1) is 0 Å². The Balaban J connectivity index is 1.21. The van der Waals surface area contributed by atoms with Crippen LogP contribution in [-0.2, 0) is 20.4 Å². The molecule has 3 aliphatic heterocycles. The predicted octanol–water partition coefficient (Wildman–Crippen LogP) is 6.54. The lowest BCUT2D eigenvalue weighted by Gasteiger charge is -2.35. The van der Waals surface area contributed by atoms with Gasteiger partial charge in [0.15, 0.2) is 10.3 Å². The molecule has 0 unspecified atom stereocenters. The molecule has 40 heavy (non-hydrogen) atoms. The lowest BCUT2D eigenvalue weighted by Crippen LogP contribution is -2.49. The fourth-order valence-corrected chi connectivity index (χ4v) is 6.29. The molecule has 0 amide bonds. The molecule has 3 heterocycles. The number of hydrogen-bond donors (Lipinski definition) is 0. The van der Waals surface area contributed by atoms with Crippen molar-refractivity contribution in [2.24, 2.45) is 9.98 Å². The molecule has 0 saturated carbocycles. The molecule has 5 rings (SSSR count). The third kappa shape index (κ3) is 6.44. The number of carbonyl (C=O) groups is 2.